The third-order valence-corrected chi connectivity index (χ3v) is 4.75. The van der Waals surface area contributed by atoms with Gasteiger partial charge in [-0.2, -0.15) is 0 Å². The van der Waals surface area contributed by atoms with Crippen LogP contribution in [-0.4, -0.2) is 81.3 Å². The predicted molar refractivity (Wildman–Crippen MR) is 113 cm³/mol. The van der Waals surface area contributed by atoms with Crippen LogP contribution >= 0.6 is 24.0 Å². The maximum absolute atomic E-state index is 5.70. The van der Waals surface area contributed by atoms with Gasteiger partial charge in [0, 0.05) is 58.9 Å². The highest BCUT2D eigenvalue weighted by Gasteiger charge is 2.31. The van der Waals surface area contributed by atoms with Crippen LogP contribution < -0.4 is 15.4 Å². The molecule has 2 N–H and O–H groups in total. The number of guanidine groups is 1. The smallest absolute Gasteiger partial charge is 0.191 e. The molecular formula is C18H30IN5O. The summed E-state index contributed by atoms with van der Waals surface area (Å²) in [6, 6.07) is 10.5. The number of para-hydroxylation sites is 1. The van der Waals surface area contributed by atoms with E-state index in [9.17, 15) is 0 Å². The number of piperazine rings is 3. The van der Waals surface area contributed by atoms with Crippen LogP contribution in [0.25, 0.3) is 0 Å². The van der Waals surface area contributed by atoms with Crippen LogP contribution in [0.1, 0.15) is 6.42 Å². The average Bonchev–Trinajstić information content (AvgIpc) is 2.66. The van der Waals surface area contributed by atoms with Gasteiger partial charge in [0.25, 0.3) is 0 Å². The molecule has 140 valence electrons. The normalized spacial score (nSPS) is 25.2. The molecule has 3 heterocycles. The molecule has 1 unspecified atom stereocenters. The van der Waals surface area contributed by atoms with Crippen molar-refractivity contribution >= 4 is 29.9 Å². The van der Waals surface area contributed by atoms with Crippen LogP contribution in [0.4, 0.5) is 0 Å². The lowest BCUT2D eigenvalue weighted by Crippen LogP contribution is -2.63. The number of nitrogens with one attached hydrogen (secondary N) is 2. The zero-order chi connectivity index (χ0) is 16.6. The summed E-state index contributed by atoms with van der Waals surface area (Å²) in [7, 11) is 1.83. The Bertz CT molecular complexity index is 519. The van der Waals surface area contributed by atoms with Gasteiger partial charge in [0.15, 0.2) is 5.96 Å². The van der Waals surface area contributed by atoms with E-state index in [0.29, 0.717) is 12.6 Å². The van der Waals surface area contributed by atoms with Crippen LogP contribution in [0.5, 0.6) is 5.75 Å². The number of ether oxygens (including phenoxy) is 1. The molecule has 3 aliphatic rings. The van der Waals surface area contributed by atoms with Crippen molar-refractivity contribution in [3.05, 3.63) is 30.3 Å². The summed E-state index contributed by atoms with van der Waals surface area (Å²) in [6.07, 6.45) is 0.943. The maximum Gasteiger partial charge on any atom is 0.191 e. The van der Waals surface area contributed by atoms with Gasteiger partial charge in [-0.3, -0.25) is 14.8 Å². The van der Waals surface area contributed by atoms with Gasteiger partial charge in [-0.15, -0.1) is 24.0 Å². The van der Waals surface area contributed by atoms with Gasteiger partial charge in [0.05, 0.1) is 6.61 Å². The summed E-state index contributed by atoms with van der Waals surface area (Å²) in [5, 5.41) is 6.83. The number of aliphatic imine (C=N–C) groups is 1. The lowest BCUT2D eigenvalue weighted by molar-refractivity contribution is 0.0154. The zero-order valence-corrected chi connectivity index (χ0v) is 17.3. The summed E-state index contributed by atoms with van der Waals surface area (Å²) < 4.78 is 5.70. The van der Waals surface area contributed by atoms with Crippen molar-refractivity contribution in [2.45, 2.75) is 12.5 Å². The van der Waals surface area contributed by atoms with Gasteiger partial charge < -0.3 is 15.4 Å². The first-order valence-electron chi connectivity index (χ1n) is 8.94. The maximum atomic E-state index is 5.70. The second kappa shape index (κ2) is 10.8. The van der Waals surface area contributed by atoms with E-state index in [-0.39, 0.29) is 24.0 Å². The van der Waals surface area contributed by atoms with Crippen molar-refractivity contribution in [3.63, 3.8) is 0 Å². The lowest BCUT2D eigenvalue weighted by Gasteiger charge is -2.47. The molecule has 0 spiro atoms. The summed E-state index contributed by atoms with van der Waals surface area (Å²) >= 11 is 0. The van der Waals surface area contributed by atoms with Crippen LogP contribution in [0.15, 0.2) is 35.3 Å². The number of hydrogen-bond donors (Lipinski definition) is 2. The molecule has 1 aromatic carbocycles. The Morgan fingerprint density at radius 1 is 1.16 bits per heavy atom. The van der Waals surface area contributed by atoms with Crippen molar-refractivity contribution < 1.29 is 4.74 Å². The molecule has 3 fully saturated rings. The minimum absolute atomic E-state index is 0. The van der Waals surface area contributed by atoms with Crippen molar-refractivity contribution in [3.8, 4) is 5.75 Å². The molecule has 0 radical (unpaired) electrons. The number of hydrogen-bond acceptors (Lipinski definition) is 4. The Labute approximate surface area is 168 Å². The second-order valence-electron chi connectivity index (χ2n) is 6.39. The fourth-order valence-electron chi connectivity index (χ4n) is 3.34. The molecule has 0 aliphatic carbocycles. The second-order valence-corrected chi connectivity index (χ2v) is 6.39. The van der Waals surface area contributed by atoms with E-state index in [1.54, 1.807) is 0 Å². The van der Waals surface area contributed by atoms with E-state index in [2.05, 4.69) is 25.4 Å². The molecular weight excluding hydrogens is 429 g/mol. The van der Waals surface area contributed by atoms with E-state index in [1.807, 2.05) is 37.4 Å². The molecule has 4 rings (SSSR count). The number of rotatable bonds is 7. The van der Waals surface area contributed by atoms with Gasteiger partial charge in [0.1, 0.15) is 5.75 Å². The quantitative estimate of drug-likeness (QED) is 0.278. The number of fused-ring (bicyclic) bond motifs is 3. The first kappa shape index (κ1) is 20.3. The zero-order valence-electron chi connectivity index (χ0n) is 15.0. The molecule has 0 saturated carbocycles. The van der Waals surface area contributed by atoms with Gasteiger partial charge in [-0.1, -0.05) is 18.2 Å². The van der Waals surface area contributed by atoms with Crippen molar-refractivity contribution in [2.24, 2.45) is 4.99 Å². The molecule has 1 atom stereocenters. The fourth-order valence-corrected chi connectivity index (χ4v) is 3.34. The Kier molecular flexibility index (Phi) is 8.77. The monoisotopic (exact) mass is 459 g/mol. The number of benzene rings is 1. The SMILES string of the molecule is CN=C(NCCCOc1ccccc1)NCC1CN2CCN1CC2.I. The number of nitrogens with zero attached hydrogens (tertiary/aromatic N) is 3. The Morgan fingerprint density at radius 3 is 2.56 bits per heavy atom. The molecule has 2 bridgehead atoms. The molecule has 6 nitrogen and oxygen atoms in total. The summed E-state index contributed by atoms with van der Waals surface area (Å²) in [6.45, 7) is 8.55. The Morgan fingerprint density at radius 2 is 1.92 bits per heavy atom. The van der Waals surface area contributed by atoms with Gasteiger partial charge in [-0.25, -0.2) is 0 Å². The average molecular weight is 459 g/mol. The first-order valence-corrected chi connectivity index (χ1v) is 8.94. The molecule has 0 amide bonds. The van der Waals surface area contributed by atoms with Crippen LogP contribution in [-0.2, 0) is 0 Å². The minimum Gasteiger partial charge on any atom is -0.494 e. The fraction of sp³-hybridized carbons (Fsp3) is 0.611. The van der Waals surface area contributed by atoms with E-state index in [1.165, 1.54) is 32.7 Å². The van der Waals surface area contributed by atoms with E-state index >= 15 is 0 Å². The van der Waals surface area contributed by atoms with Gasteiger partial charge >= 0.3 is 0 Å². The van der Waals surface area contributed by atoms with E-state index in [4.69, 9.17) is 4.74 Å². The molecule has 3 saturated heterocycles. The molecule has 7 heteroatoms. The topological polar surface area (TPSA) is 52.1 Å². The highest BCUT2D eigenvalue weighted by molar-refractivity contribution is 14.0. The van der Waals surface area contributed by atoms with Crippen LogP contribution in [0.2, 0.25) is 0 Å². The van der Waals surface area contributed by atoms with Crippen LogP contribution in [0, 0.1) is 0 Å². The third kappa shape index (κ3) is 6.31. The van der Waals surface area contributed by atoms with Crippen molar-refractivity contribution in [1.82, 2.24) is 20.4 Å². The summed E-state index contributed by atoms with van der Waals surface area (Å²) in [4.78, 5) is 9.46. The number of halogens is 1. The molecule has 0 aromatic heterocycles. The third-order valence-electron chi connectivity index (χ3n) is 4.75. The Balaban J connectivity index is 0.00000225. The van der Waals surface area contributed by atoms with Gasteiger partial charge in [-0.05, 0) is 18.6 Å². The highest BCUT2D eigenvalue weighted by atomic mass is 127. The summed E-state index contributed by atoms with van der Waals surface area (Å²) in [5.74, 6) is 1.81. The first-order chi connectivity index (χ1) is 11.8. The van der Waals surface area contributed by atoms with E-state index < -0.39 is 0 Å². The lowest BCUT2D eigenvalue weighted by atomic mass is 10.1. The standard InChI is InChI=1S/C18H29N5O.HI/c1-19-18(20-8-5-13-24-17-6-3-2-4-7-17)21-14-16-15-22-9-11-23(16)12-10-22;/h2-4,6-7,16H,5,8-15H2,1H3,(H2,19,20,21);1H. The molecule has 25 heavy (non-hydrogen) atoms. The predicted octanol–water partition coefficient (Wildman–Crippen LogP) is 1.24. The van der Waals surface area contributed by atoms with Gasteiger partial charge in [0.2, 0.25) is 0 Å². The summed E-state index contributed by atoms with van der Waals surface area (Å²) in [5.41, 5.74) is 0. The van der Waals surface area contributed by atoms with Crippen LogP contribution in [0.3, 0.4) is 0 Å². The van der Waals surface area contributed by atoms with Crippen molar-refractivity contribution in [2.75, 3.05) is 59.5 Å². The Hall–Kier alpha value is -1.06. The molecule has 3 aliphatic heterocycles. The largest absolute Gasteiger partial charge is 0.494 e. The molecule has 1 aromatic rings. The van der Waals surface area contributed by atoms with E-state index in [0.717, 1.165) is 31.2 Å². The minimum atomic E-state index is 0. The highest BCUT2D eigenvalue weighted by Crippen LogP contribution is 2.14. The van der Waals surface area contributed by atoms with Crippen molar-refractivity contribution in [1.29, 1.82) is 0 Å².